The Labute approximate surface area is 165 Å². The lowest BCUT2D eigenvalue weighted by Gasteiger charge is -2.29. The minimum atomic E-state index is -0.478. The van der Waals surface area contributed by atoms with Crippen LogP contribution in [0.4, 0.5) is 10.5 Å². The van der Waals surface area contributed by atoms with Crippen LogP contribution >= 0.6 is 0 Å². The number of methoxy groups -OCH3 is 1. The molecule has 1 aliphatic carbocycles. The third-order valence-corrected chi connectivity index (χ3v) is 5.08. The minimum Gasteiger partial charge on any atom is -0.497 e. The minimum absolute atomic E-state index is 0.0623. The SMILES string of the molecule is COc1ccc(N(CCC(N)=O)CC(=O)NC(=O)N[C@H]2CCCC[C@H]2C)cc1. The van der Waals surface area contributed by atoms with Crippen LogP contribution in [0.2, 0.25) is 0 Å². The summed E-state index contributed by atoms with van der Waals surface area (Å²) in [4.78, 5) is 37.4. The Kier molecular flexibility index (Phi) is 8.10. The zero-order valence-corrected chi connectivity index (χ0v) is 16.6. The number of imide groups is 1. The van der Waals surface area contributed by atoms with Gasteiger partial charge in [0.25, 0.3) is 0 Å². The molecule has 4 amide bonds. The largest absolute Gasteiger partial charge is 0.497 e. The number of hydrogen-bond donors (Lipinski definition) is 3. The summed E-state index contributed by atoms with van der Waals surface area (Å²) in [6.07, 6.45) is 4.37. The van der Waals surface area contributed by atoms with Gasteiger partial charge < -0.3 is 20.7 Å². The highest BCUT2D eigenvalue weighted by molar-refractivity contribution is 5.96. The van der Waals surface area contributed by atoms with Crippen molar-refractivity contribution < 1.29 is 19.1 Å². The fraction of sp³-hybridized carbons (Fsp3) is 0.550. The van der Waals surface area contributed by atoms with Crippen LogP contribution in [0.1, 0.15) is 39.0 Å². The van der Waals surface area contributed by atoms with E-state index >= 15 is 0 Å². The normalized spacial score (nSPS) is 18.8. The summed E-state index contributed by atoms with van der Waals surface area (Å²) in [5.41, 5.74) is 5.98. The number of amides is 4. The van der Waals surface area contributed by atoms with Crippen molar-refractivity contribution in [1.82, 2.24) is 10.6 Å². The molecule has 154 valence electrons. The lowest BCUT2D eigenvalue weighted by atomic mass is 9.86. The first-order chi connectivity index (χ1) is 13.4. The summed E-state index contributed by atoms with van der Waals surface area (Å²) >= 11 is 0. The van der Waals surface area contributed by atoms with Crippen LogP contribution in [0.25, 0.3) is 0 Å². The maximum Gasteiger partial charge on any atom is 0.321 e. The zero-order valence-electron chi connectivity index (χ0n) is 16.6. The number of nitrogens with two attached hydrogens (primary N) is 1. The monoisotopic (exact) mass is 390 g/mol. The first-order valence-electron chi connectivity index (χ1n) is 9.66. The molecule has 1 aromatic rings. The van der Waals surface area contributed by atoms with E-state index in [4.69, 9.17) is 10.5 Å². The zero-order chi connectivity index (χ0) is 20.5. The Morgan fingerprint density at radius 1 is 1.18 bits per heavy atom. The molecule has 8 heteroatoms. The lowest BCUT2D eigenvalue weighted by molar-refractivity contribution is -0.120. The van der Waals surface area contributed by atoms with Crippen molar-refractivity contribution in [3.63, 3.8) is 0 Å². The van der Waals surface area contributed by atoms with Gasteiger partial charge in [-0.2, -0.15) is 0 Å². The highest BCUT2D eigenvalue weighted by Crippen LogP contribution is 2.23. The van der Waals surface area contributed by atoms with E-state index in [2.05, 4.69) is 17.6 Å². The van der Waals surface area contributed by atoms with Gasteiger partial charge in [0.2, 0.25) is 11.8 Å². The molecular weight excluding hydrogens is 360 g/mol. The number of benzene rings is 1. The summed E-state index contributed by atoms with van der Waals surface area (Å²) in [5, 5.41) is 5.28. The standard InChI is InChI=1S/C20H30N4O4/c1-14-5-3-4-6-17(14)22-20(27)23-19(26)13-24(12-11-18(21)25)15-7-9-16(28-2)10-8-15/h7-10,14,17H,3-6,11-13H2,1-2H3,(H2,21,25)(H2,22,23,26,27)/t14-,17+/m1/s1. The Hall–Kier alpha value is -2.77. The maximum absolute atomic E-state index is 12.4. The fourth-order valence-electron chi connectivity index (χ4n) is 3.41. The van der Waals surface area contributed by atoms with Gasteiger partial charge >= 0.3 is 6.03 Å². The van der Waals surface area contributed by atoms with Gasteiger partial charge in [-0.1, -0.05) is 19.8 Å². The molecule has 4 N–H and O–H groups in total. The summed E-state index contributed by atoms with van der Waals surface area (Å²) in [7, 11) is 1.57. The molecule has 0 bridgehead atoms. The lowest BCUT2D eigenvalue weighted by Crippen LogP contribution is -2.50. The van der Waals surface area contributed by atoms with E-state index in [0.29, 0.717) is 11.7 Å². The van der Waals surface area contributed by atoms with Crippen molar-refractivity contribution in [2.24, 2.45) is 11.7 Å². The molecule has 0 aromatic heterocycles. The molecule has 28 heavy (non-hydrogen) atoms. The topological polar surface area (TPSA) is 114 Å². The van der Waals surface area contributed by atoms with Crippen LogP contribution < -0.4 is 26.0 Å². The Morgan fingerprint density at radius 3 is 2.46 bits per heavy atom. The van der Waals surface area contributed by atoms with E-state index in [1.165, 1.54) is 6.42 Å². The van der Waals surface area contributed by atoms with Crippen molar-refractivity contribution in [2.75, 3.05) is 25.1 Å². The van der Waals surface area contributed by atoms with Gasteiger partial charge in [-0.15, -0.1) is 0 Å². The highest BCUT2D eigenvalue weighted by Gasteiger charge is 2.23. The Bertz CT molecular complexity index is 677. The molecule has 2 atom stereocenters. The van der Waals surface area contributed by atoms with Crippen LogP contribution in [0.5, 0.6) is 5.75 Å². The van der Waals surface area contributed by atoms with Gasteiger partial charge in [-0.3, -0.25) is 14.9 Å². The van der Waals surface area contributed by atoms with Crippen molar-refractivity contribution in [1.29, 1.82) is 0 Å². The number of hydrogen-bond acceptors (Lipinski definition) is 5. The molecule has 0 radical (unpaired) electrons. The van der Waals surface area contributed by atoms with E-state index in [1.807, 2.05) is 0 Å². The van der Waals surface area contributed by atoms with Gasteiger partial charge in [-0.25, -0.2) is 4.79 Å². The number of carbonyl (C=O) groups excluding carboxylic acids is 3. The van der Waals surface area contributed by atoms with E-state index in [-0.39, 0.29) is 25.6 Å². The highest BCUT2D eigenvalue weighted by atomic mass is 16.5. The molecule has 1 aromatic carbocycles. The van der Waals surface area contributed by atoms with E-state index < -0.39 is 17.8 Å². The molecule has 1 saturated carbocycles. The number of primary amides is 1. The molecule has 0 spiro atoms. The Morgan fingerprint density at radius 2 is 1.86 bits per heavy atom. The molecule has 2 rings (SSSR count). The van der Waals surface area contributed by atoms with Gasteiger partial charge in [0.15, 0.2) is 0 Å². The molecule has 0 saturated heterocycles. The van der Waals surface area contributed by atoms with E-state index in [9.17, 15) is 14.4 Å². The van der Waals surface area contributed by atoms with Crippen molar-refractivity contribution in [3.8, 4) is 5.75 Å². The predicted molar refractivity (Wildman–Crippen MR) is 107 cm³/mol. The van der Waals surface area contributed by atoms with Crippen molar-refractivity contribution in [3.05, 3.63) is 24.3 Å². The number of nitrogens with one attached hydrogen (secondary N) is 2. The van der Waals surface area contributed by atoms with Crippen LogP contribution in [-0.2, 0) is 9.59 Å². The summed E-state index contributed by atoms with van der Waals surface area (Å²) in [6.45, 7) is 2.32. The number of carbonyl (C=O) groups is 3. The third-order valence-electron chi connectivity index (χ3n) is 5.08. The number of anilines is 1. The van der Waals surface area contributed by atoms with Gasteiger partial charge in [-0.05, 0) is 43.0 Å². The second-order valence-electron chi connectivity index (χ2n) is 7.23. The second-order valence-corrected chi connectivity index (χ2v) is 7.23. The average Bonchev–Trinajstić information content (AvgIpc) is 2.67. The third kappa shape index (κ3) is 6.75. The van der Waals surface area contributed by atoms with Crippen LogP contribution in [-0.4, -0.2) is 44.1 Å². The van der Waals surface area contributed by atoms with E-state index in [0.717, 1.165) is 24.9 Å². The molecular formula is C20H30N4O4. The summed E-state index contributed by atoms with van der Waals surface area (Å²) in [6, 6.07) is 6.72. The van der Waals surface area contributed by atoms with Crippen LogP contribution in [0.3, 0.4) is 0 Å². The quantitative estimate of drug-likeness (QED) is 0.626. The Balaban J connectivity index is 1.94. The first kappa shape index (κ1) is 21.5. The van der Waals surface area contributed by atoms with Gasteiger partial charge in [0.1, 0.15) is 5.75 Å². The molecule has 0 aliphatic heterocycles. The fourth-order valence-corrected chi connectivity index (χ4v) is 3.41. The van der Waals surface area contributed by atoms with E-state index in [1.54, 1.807) is 36.3 Å². The van der Waals surface area contributed by atoms with Crippen molar-refractivity contribution in [2.45, 2.75) is 45.1 Å². The smallest absolute Gasteiger partial charge is 0.321 e. The number of rotatable bonds is 8. The van der Waals surface area contributed by atoms with Crippen LogP contribution in [0.15, 0.2) is 24.3 Å². The summed E-state index contributed by atoms with van der Waals surface area (Å²) in [5.74, 6) is 0.189. The number of nitrogens with zero attached hydrogens (tertiary/aromatic N) is 1. The number of urea groups is 1. The molecule has 8 nitrogen and oxygen atoms in total. The predicted octanol–water partition coefficient (Wildman–Crippen LogP) is 1.78. The second kappa shape index (κ2) is 10.5. The number of ether oxygens (including phenoxy) is 1. The van der Waals surface area contributed by atoms with Crippen molar-refractivity contribution >= 4 is 23.5 Å². The van der Waals surface area contributed by atoms with Gasteiger partial charge in [0, 0.05) is 24.7 Å². The molecule has 1 fully saturated rings. The maximum atomic E-state index is 12.4. The first-order valence-corrected chi connectivity index (χ1v) is 9.66. The summed E-state index contributed by atoms with van der Waals surface area (Å²) < 4.78 is 5.14. The average molecular weight is 390 g/mol. The molecule has 0 heterocycles. The van der Waals surface area contributed by atoms with Gasteiger partial charge in [0.05, 0.1) is 13.7 Å². The van der Waals surface area contributed by atoms with Crippen LogP contribution in [0, 0.1) is 5.92 Å². The molecule has 0 unspecified atom stereocenters. The molecule has 1 aliphatic rings.